The lowest BCUT2D eigenvalue weighted by molar-refractivity contribution is 0.0702. The van der Waals surface area contributed by atoms with Crippen LogP contribution in [0, 0.1) is 6.92 Å². The highest BCUT2D eigenvalue weighted by Crippen LogP contribution is 2.31. The van der Waals surface area contributed by atoms with Crippen LogP contribution in [0.5, 0.6) is 0 Å². The molecule has 1 aromatic heterocycles. The number of carboxylic acid groups (broad SMARTS) is 1. The van der Waals surface area contributed by atoms with Crippen LogP contribution in [-0.4, -0.2) is 11.1 Å². The van der Waals surface area contributed by atoms with E-state index in [0.29, 0.717) is 4.88 Å². The highest BCUT2D eigenvalue weighted by atomic mass is 32.2. The number of nitrogen functional groups attached to an aromatic ring is 1. The fraction of sp³-hybridized carbons (Fsp3) is 0.154. The second kappa shape index (κ2) is 5.46. The van der Waals surface area contributed by atoms with Crippen LogP contribution in [0.1, 0.15) is 20.1 Å². The summed E-state index contributed by atoms with van der Waals surface area (Å²) in [4.78, 5) is 13.2. The van der Waals surface area contributed by atoms with Gasteiger partial charge < -0.3 is 10.8 Å². The molecule has 0 spiro atoms. The van der Waals surface area contributed by atoms with Gasteiger partial charge in [-0.05, 0) is 36.8 Å². The summed E-state index contributed by atoms with van der Waals surface area (Å²) in [5.41, 5.74) is 7.83. The van der Waals surface area contributed by atoms with Crippen LogP contribution in [0.15, 0.2) is 35.2 Å². The van der Waals surface area contributed by atoms with E-state index >= 15 is 0 Å². The SMILES string of the molecule is Cc1ccc(N)c(SCc2ccc(C(=O)O)s2)c1. The van der Waals surface area contributed by atoms with Crippen molar-refractivity contribution in [2.45, 2.75) is 17.6 Å². The predicted octanol–water partition coefficient (Wildman–Crippen LogP) is 3.63. The maximum Gasteiger partial charge on any atom is 0.345 e. The first kappa shape index (κ1) is 13.0. The van der Waals surface area contributed by atoms with E-state index in [4.69, 9.17) is 10.8 Å². The van der Waals surface area contributed by atoms with Gasteiger partial charge in [0.15, 0.2) is 0 Å². The molecule has 2 aromatic rings. The lowest BCUT2D eigenvalue weighted by Gasteiger charge is -2.05. The molecular formula is C13H13NO2S2. The molecule has 1 aromatic carbocycles. The van der Waals surface area contributed by atoms with Crippen molar-refractivity contribution in [2.24, 2.45) is 0 Å². The molecule has 94 valence electrons. The summed E-state index contributed by atoms with van der Waals surface area (Å²) >= 11 is 2.94. The minimum absolute atomic E-state index is 0.378. The van der Waals surface area contributed by atoms with Crippen LogP contribution < -0.4 is 5.73 Å². The van der Waals surface area contributed by atoms with E-state index in [2.05, 4.69) is 0 Å². The van der Waals surface area contributed by atoms with Gasteiger partial charge in [0.1, 0.15) is 4.88 Å². The first-order valence-corrected chi connectivity index (χ1v) is 7.17. The molecule has 0 radical (unpaired) electrons. The largest absolute Gasteiger partial charge is 0.477 e. The van der Waals surface area contributed by atoms with Crippen molar-refractivity contribution in [3.8, 4) is 0 Å². The molecule has 0 bridgehead atoms. The number of aryl methyl sites for hydroxylation is 1. The maximum absolute atomic E-state index is 10.8. The van der Waals surface area contributed by atoms with Gasteiger partial charge in [-0.1, -0.05) is 6.07 Å². The summed E-state index contributed by atoms with van der Waals surface area (Å²) in [6, 6.07) is 9.42. The van der Waals surface area contributed by atoms with Crippen molar-refractivity contribution in [3.05, 3.63) is 45.6 Å². The van der Waals surface area contributed by atoms with Gasteiger partial charge in [-0.2, -0.15) is 0 Å². The van der Waals surface area contributed by atoms with Crippen LogP contribution in [0.2, 0.25) is 0 Å². The Labute approximate surface area is 114 Å². The molecule has 0 saturated carbocycles. The van der Waals surface area contributed by atoms with Gasteiger partial charge in [0.25, 0.3) is 0 Å². The number of nitrogens with two attached hydrogens (primary N) is 1. The minimum atomic E-state index is -0.869. The Hall–Kier alpha value is -1.46. The molecule has 0 aliphatic rings. The number of rotatable bonds is 4. The topological polar surface area (TPSA) is 63.3 Å². The number of thioether (sulfide) groups is 1. The Bertz CT molecular complexity index is 578. The van der Waals surface area contributed by atoms with E-state index < -0.39 is 5.97 Å². The van der Waals surface area contributed by atoms with E-state index in [9.17, 15) is 4.79 Å². The van der Waals surface area contributed by atoms with E-state index in [-0.39, 0.29) is 0 Å². The lowest BCUT2D eigenvalue weighted by atomic mass is 10.2. The summed E-state index contributed by atoms with van der Waals surface area (Å²) < 4.78 is 0. The molecule has 18 heavy (non-hydrogen) atoms. The van der Waals surface area contributed by atoms with Crippen LogP contribution in [0.25, 0.3) is 0 Å². The molecule has 5 heteroatoms. The first-order chi connectivity index (χ1) is 8.56. The first-order valence-electron chi connectivity index (χ1n) is 5.37. The molecular weight excluding hydrogens is 266 g/mol. The van der Waals surface area contributed by atoms with Crippen molar-refractivity contribution >= 4 is 34.8 Å². The Morgan fingerprint density at radius 3 is 2.83 bits per heavy atom. The quantitative estimate of drug-likeness (QED) is 0.662. The number of aromatic carboxylic acids is 1. The molecule has 2 rings (SSSR count). The number of benzene rings is 1. The normalized spacial score (nSPS) is 10.5. The van der Waals surface area contributed by atoms with E-state index in [0.717, 1.165) is 21.2 Å². The molecule has 0 aliphatic carbocycles. The molecule has 0 unspecified atom stereocenters. The third kappa shape index (κ3) is 3.05. The van der Waals surface area contributed by atoms with Crippen LogP contribution >= 0.6 is 23.1 Å². The predicted molar refractivity (Wildman–Crippen MR) is 76.4 cm³/mol. The Morgan fingerprint density at radius 2 is 2.17 bits per heavy atom. The van der Waals surface area contributed by atoms with Gasteiger partial charge in [0.2, 0.25) is 0 Å². The average molecular weight is 279 g/mol. The molecule has 3 nitrogen and oxygen atoms in total. The summed E-state index contributed by atoms with van der Waals surface area (Å²) in [5, 5.41) is 8.85. The third-order valence-corrected chi connectivity index (χ3v) is 4.79. The van der Waals surface area contributed by atoms with Crippen molar-refractivity contribution in [2.75, 3.05) is 5.73 Å². The molecule has 0 saturated heterocycles. The van der Waals surface area contributed by atoms with Gasteiger partial charge in [0.05, 0.1) is 0 Å². The second-order valence-corrected chi connectivity index (χ2v) is 6.09. The average Bonchev–Trinajstić information content (AvgIpc) is 2.79. The van der Waals surface area contributed by atoms with Gasteiger partial charge in [0, 0.05) is 21.2 Å². The number of hydrogen-bond acceptors (Lipinski definition) is 4. The van der Waals surface area contributed by atoms with Gasteiger partial charge >= 0.3 is 5.97 Å². The zero-order valence-corrected chi connectivity index (χ0v) is 11.5. The van der Waals surface area contributed by atoms with Crippen LogP contribution in [0.4, 0.5) is 5.69 Å². The molecule has 3 N–H and O–H groups in total. The molecule has 0 fully saturated rings. The molecule has 0 aliphatic heterocycles. The molecule has 1 heterocycles. The van der Waals surface area contributed by atoms with Crippen LogP contribution in [0.3, 0.4) is 0 Å². The third-order valence-electron chi connectivity index (χ3n) is 2.41. The van der Waals surface area contributed by atoms with Crippen molar-refractivity contribution in [1.29, 1.82) is 0 Å². The number of carbonyl (C=O) groups is 1. The van der Waals surface area contributed by atoms with Crippen LogP contribution in [-0.2, 0) is 5.75 Å². The van der Waals surface area contributed by atoms with Gasteiger partial charge in [-0.15, -0.1) is 23.1 Å². The van der Waals surface area contributed by atoms with E-state index in [1.165, 1.54) is 16.9 Å². The lowest BCUT2D eigenvalue weighted by Crippen LogP contribution is -1.90. The van der Waals surface area contributed by atoms with Gasteiger partial charge in [-0.3, -0.25) is 0 Å². The summed E-state index contributed by atoms with van der Waals surface area (Å²) in [5.74, 6) is -0.127. The standard InChI is InChI=1S/C13H13NO2S2/c1-8-2-4-10(14)12(6-8)17-7-9-3-5-11(18-9)13(15)16/h2-6H,7,14H2,1H3,(H,15,16). The molecule has 0 amide bonds. The summed E-state index contributed by atoms with van der Waals surface area (Å²) in [6.07, 6.45) is 0. The number of anilines is 1. The zero-order valence-electron chi connectivity index (χ0n) is 9.84. The van der Waals surface area contributed by atoms with E-state index in [1.54, 1.807) is 17.8 Å². The second-order valence-electron chi connectivity index (χ2n) is 3.90. The maximum atomic E-state index is 10.8. The number of carboxylic acids is 1. The van der Waals surface area contributed by atoms with Gasteiger partial charge in [-0.25, -0.2) is 4.79 Å². The summed E-state index contributed by atoms with van der Waals surface area (Å²) in [7, 11) is 0. The fourth-order valence-corrected chi connectivity index (χ4v) is 3.44. The fourth-order valence-electron chi connectivity index (χ4n) is 1.49. The number of hydrogen-bond donors (Lipinski definition) is 2. The highest BCUT2D eigenvalue weighted by Gasteiger charge is 2.08. The minimum Gasteiger partial charge on any atom is -0.477 e. The summed E-state index contributed by atoms with van der Waals surface area (Å²) in [6.45, 7) is 2.02. The number of thiophene rings is 1. The zero-order chi connectivity index (χ0) is 13.1. The Balaban J connectivity index is 2.06. The van der Waals surface area contributed by atoms with Crippen molar-refractivity contribution in [3.63, 3.8) is 0 Å². The monoisotopic (exact) mass is 279 g/mol. The van der Waals surface area contributed by atoms with Crippen molar-refractivity contribution < 1.29 is 9.90 Å². The van der Waals surface area contributed by atoms with E-state index in [1.807, 2.05) is 31.2 Å². The highest BCUT2D eigenvalue weighted by molar-refractivity contribution is 7.98. The Morgan fingerprint density at radius 1 is 1.39 bits per heavy atom. The molecule has 0 atom stereocenters. The van der Waals surface area contributed by atoms with Crippen molar-refractivity contribution in [1.82, 2.24) is 0 Å². The smallest absolute Gasteiger partial charge is 0.345 e. The Kier molecular flexibility index (Phi) is 3.93.